The number of sulfonamides is 1. The number of rotatable bonds is 4. The van der Waals surface area contributed by atoms with Crippen LogP contribution in [0.25, 0.3) is 0 Å². The number of hydrogen-bond acceptors (Lipinski definition) is 3. The molecule has 2 fully saturated rings. The molecule has 0 amide bonds. The van der Waals surface area contributed by atoms with Crippen molar-refractivity contribution in [2.75, 3.05) is 5.75 Å². The molecule has 0 aromatic rings. The van der Waals surface area contributed by atoms with Gasteiger partial charge in [-0.25, -0.2) is 13.1 Å². The zero-order valence-corrected chi connectivity index (χ0v) is 10.4. The Morgan fingerprint density at radius 2 is 1.75 bits per heavy atom. The lowest BCUT2D eigenvalue weighted by Gasteiger charge is -2.32. The molecule has 2 rings (SSSR count). The van der Waals surface area contributed by atoms with E-state index in [1.807, 2.05) is 0 Å². The van der Waals surface area contributed by atoms with Crippen molar-refractivity contribution < 1.29 is 13.5 Å². The van der Waals surface area contributed by atoms with Crippen LogP contribution in [0.15, 0.2) is 0 Å². The maximum atomic E-state index is 11.8. The summed E-state index contributed by atoms with van der Waals surface area (Å²) < 4.78 is 26.3. The molecule has 2 saturated carbocycles. The van der Waals surface area contributed by atoms with Crippen molar-refractivity contribution in [3.05, 3.63) is 0 Å². The molecule has 4 nitrogen and oxygen atoms in total. The van der Waals surface area contributed by atoms with Crippen LogP contribution in [0.5, 0.6) is 0 Å². The first-order chi connectivity index (χ1) is 7.55. The van der Waals surface area contributed by atoms with Gasteiger partial charge in [0, 0.05) is 6.04 Å². The Morgan fingerprint density at radius 3 is 2.31 bits per heavy atom. The summed E-state index contributed by atoms with van der Waals surface area (Å²) >= 11 is 0. The van der Waals surface area contributed by atoms with Crippen LogP contribution in [0.2, 0.25) is 0 Å². The minimum atomic E-state index is -3.13. The Morgan fingerprint density at radius 1 is 1.12 bits per heavy atom. The number of hydrogen-bond donors (Lipinski definition) is 2. The first-order valence-corrected chi connectivity index (χ1v) is 7.88. The normalized spacial score (nSPS) is 32.3. The highest BCUT2D eigenvalue weighted by Gasteiger charge is 2.31. The van der Waals surface area contributed by atoms with Gasteiger partial charge in [0.15, 0.2) is 0 Å². The van der Waals surface area contributed by atoms with Gasteiger partial charge >= 0.3 is 0 Å². The molecule has 0 aromatic heterocycles. The van der Waals surface area contributed by atoms with E-state index in [-0.39, 0.29) is 17.9 Å². The third-order valence-electron chi connectivity index (χ3n) is 3.64. The van der Waals surface area contributed by atoms with E-state index < -0.39 is 10.0 Å². The third-order valence-corrected chi connectivity index (χ3v) is 5.24. The van der Waals surface area contributed by atoms with E-state index in [1.165, 1.54) is 19.3 Å². The van der Waals surface area contributed by atoms with Crippen LogP contribution < -0.4 is 4.72 Å². The number of aliphatic hydroxyl groups is 1. The van der Waals surface area contributed by atoms with E-state index in [1.54, 1.807) is 0 Å². The maximum absolute atomic E-state index is 11.8. The van der Waals surface area contributed by atoms with E-state index >= 15 is 0 Å². The second kappa shape index (κ2) is 5.02. The molecule has 5 heteroatoms. The molecule has 16 heavy (non-hydrogen) atoms. The first-order valence-electron chi connectivity index (χ1n) is 6.23. The molecule has 0 aliphatic heterocycles. The van der Waals surface area contributed by atoms with Crippen molar-refractivity contribution >= 4 is 10.0 Å². The van der Waals surface area contributed by atoms with E-state index in [0.717, 1.165) is 12.8 Å². The zero-order chi connectivity index (χ0) is 11.6. The average molecular weight is 247 g/mol. The van der Waals surface area contributed by atoms with Gasteiger partial charge in [0.2, 0.25) is 10.0 Å². The Hall–Kier alpha value is -0.130. The maximum Gasteiger partial charge on any atom is 0.212 e. The summed E-state index contributed by atoms with van der Waals surface area (Å²) in [6.45, 7) is 0. The van der Waals surface area contributed by atoms with Crippen molar-refractivity contribution in [2.45, 2.75) is 57.1 Å². The van der Waals surface area contributed by atoms with Gasteiger partial charge in [0.05, 0.1) is 11.9 Å². The van der Waals surface area contributed by atoms with Crippen molar-refractivity contribution in [1.29, 1.82) is 0 Å². The number of nitrogens with one attached hydrogen (secondary N) is 1. The lowest BCUT2D eigenvalue weighted by atomic mass is 9.91. The van der Waals surface area contributed by atoms with Crippen molar-refractivity contribution in [2.24, 2.45) is 5.92 Å². The Kier molecular flexibility index (Phi) is 3.87. The summed E-state index contributed by atoms with van der Waals surface area (Å²) in [5.41, 5.74) is 0. The van der Waals surface area contributed by atoms with E-state index in [2.05, 4.69) is 4.72 Å². The standard InChI is InChI=1S/C11H21NO3S/c13-11-6-10(7-11)12-16(14,15)8-9-4-2-1-3-5-9/h9-13H,1-8H2. The van der Waals surface area contributed by atoms with Gasteiger partial charge < -0.3 is 5.11 Å². The minimum absolute atomic E-state index is 0.0245. The highest BCUT2D eigenvalue weighted by molar-refractivity contribution is 7.89. The van der Waals surface area contributed by atoms with Gasteiger partial charge in [-0.1, -0.05) is 19.3 Å². The van der Waals surface area contributed by atoms with Gasteiger partial charge in [-0.05, 0) is 31.6 Å². The van der Waals surface area contributed by atoms with E-state index in [9.17, 15) is 8.42 Å². The average Bonchev–Trinajstić information content (AvgIpc) is 2.15. The summed E-state index contributed by atoms with van der Waals surface area (Å²) in [6, 6.07) is -0.0245. The largest absolute Gasteiger partial charge is 0.393 e. The number of aliphatic hydroxyl groups excluding tert-OH is 1. The third kappa shape index (κ3) is 3.43. The molecule has 0 bridgehead atoms. The van der Waals surface area contributed by atoms with Gasteiger partial charge in [-0.15, -0.1) is 0 Å². The predicted molar refractivity (Wildman–Crippen MR) is 62.5 cm³/mol. The minimum Gasteiger partial charge on any atom is -0.393 e. The van der Waals surface area contributed by atoms with Gasteiger partial charge in [-0.3, -0.25) is 0 Å². The molecule has 0 saturated heterocycles. The van der Waals surface area contributed by atoms with E-state index in [0.29, 0.717) is 18.8 Å². The van der Waals surface area contributed by atoms with Gasteiger partial charge in [0.25, 0.3) is 0 Å². The highest BCUT2D eigenvalue weighted by atomic mass is 32.2. The monoisotopic (exact) mass is 247 g/mol. The lowest BCUT2D eigenvalue weighted by Crippen LogP contribution is -2.48. The van der Waals surface area contributed by atoms with Crippen molar-refractivity contribution in [1.82, 2.24) is 4.72 Å². The van der Waals surface area contributed by atoms with E-state index in [4.69, 9.17) is 5.11 Å². The van der Waals surface area contributed by atoms with Gasteiger partial charge in [0.1, 0.15) is 0 Å². The molecule has 0 aromatic carbocycles. The van der Waals surface area contributed by atoms with Crippen LogP contribution in [0.4, 0.5) is 0 Å². The SMILES string of the molecule is O=S(=O)(CC1CCCCC1)NC1CC(O)C1. The van der Waals surface area contributed by atoms with Crippen LogP contribution in [0.3, 0.4) is 0 Å². The van der Waals surface area contributed by atoms with Crippen molar-refractivity contribution in [3.63, 3.8) is 0 Å². The van der Waals surface area contributed by atoms with Crippen LogP contribution in [0.1, 0.15) is 44.9 Å². The Labute approximate surface area is 97.5 Å². The second-order valence-corrected chi connectivity index (χ2v) is 7.02. The first kappa shape index (κ1) is 12.3. The molecule has 0 heterocycles. The summed E-state index contributed by atoms with van der Waals surface area (Å²) in [4.78, 5) is 0. The molecule has 0 unspecified atom stereocenters. The molecule has 2 aliphatic rings. The fraction of sp³-hybridized carbons (Fsp3) is 1.00. The summed E-state index contributed by atoms with van der Waals surface area (Å²) in [7, 11) is -3.13. The van der Waals surface area contributed by atoms with Crippen LogP contribution in [0, 0.1) is 5.92 Å². The molecule has 0 radical (unpaired) electrons. The smallest absolute Gasteiger partial charge is 0.212 e. The molecule has 2 aliphatic carbocycles. The zero-order valence-electron chi connectivity index (χ0n) is 9.56. The topological polar surface area (TPSA) is 66.4 Å². The molecular formula is C11H21NO3S. The van der Waals surface area contributed by atoms with Crippen LogP contribution in [-0.2, 0) is 10.0 Å². The quantitative estimate of drug-likeness (QED) is 0.779. The highest BCUT2D eigenvalue weighted by Crippen LogP contribution is 2.26. The second-order valence-electron chi connectivity index (χ2n) is 5.23. The lowest BCUT2D eigenvalue weighted by molar-refractivity contribution is 0.0711. The molecular weight excluding hydrogens is 226 g/mol. The summed E-state index contributed by atoms with van der Waals surface area (Å²) in [5.74, 6) is 0.621. The van der Waals surface area contributed by atoms with Crippen LogP contribution in [-0.4, -0.2) is 31.4 Å². The Balaban J connectivity index is 1.78. The molecule has 94 valence electrons. The van der Waals surface area contributed by atoms with Gasteiger partial charge in [-0.2, -0.15) is 0 Å². The summed E-state index contributed by atoms with van der Waals surface area (Å²) in [6.07, 6.45) is 6.53. The molecule has 0 spiro atoms. The summed E-state index contributed by atoms with van der Waals surface area (Å²) in [5, 5.41) is 9.10. The fourth-order valence-electron chi connectivity index (χ4n) is 2.65. The Bertz CT molecular complexity index is 316. The van der Waals surface area contributed by atoms with Crippen molar-refractivity contribution in [3.8, 4) is 0 Å². The van der Waals surface area contributed by atoms with Crippen LogP contribution >= 0.6 is 0 Å². The predicted octanol–water partition coefficient (Wildman–Crippen LogP) is 1.01. The fourth-order valence-corrected chi connectivity index (χ4v) is 4.40. The molecule has 2 N–H and O–H groups in total. The molecule has 0 atom stereocenters.